The van der Waals surface area contributed by atoms with Crippen LogP contribution in [0.25, 0.3) is 0 Å². The van der Waals surface area contributed by atoms with Gasteiger partial charge in [0.1, 0.15) is 0 Å². The molecule has 0 radical (unpaired) electrons. The molecule has 2 aromatic carbocycles. The van der Waals surface area contributed by atoms with Crippen molar-refractivity contribution < 1.29 is 8.42 Å². The second-order valence-electron chi connectivity index (χ2n) is 5.02. The summed E-state index contributed by atoms with van der Waals surface area (Å²) in [5.41, 5.74) is 2.63. The van der Waals surface area contributed by atoms with Gasteiger partial charge in [-0.15, -0.1) is 0 Å². The summed E-state index contributed by atoms with van der Waals surface area (Å²) < 4.78 is 27.7. The SMILES string of the molecule is Cc1ccc(C)c(S(=O)(=O)N[C@H](C)c2ccccc2)c1. The molecule has 0 aliphatic rings. The summed E-state index contributed by atoms with van der Waals surface area (Å²) in [5.74, 6) is 0. The third-order valence-corrected chi connectivity index (χ3v) is 4.95. The molecule has 0 aromatic heterocycles. The highest BCUT2D eigenvalue weighted by Gasteiger charge is 2.20. The molecule has 0 unspecified atom stereocenters. The van der Waals surface area contributed by atoms with Crippen LogP contribution in [0.2, 0.25) is 0 Å². The molecule has 2 rings (SSSR count). The highest BCUT2D eigenvalue weighted by Crippen LogP contribution is 2.20. The van der Waals surface area contributed by atoms with Gasteiger partial charge >= 0.3 is 0 Å². The van der Waals surface area contributed by atoms with Crippen LogP contribution in [0.5, 0.6) is 0 Å². The number of hydrogen-bond acceptors (Lipinski definition) is 2. The largest absolute Gasteiger partial charge is 0.241 e. The van der Waals surface area contributed by atoms with Crippen LogP contribution in [0, 0.1) is 13.8 Å². The maximum atomic E-state index is 12.5. The van der Waals surface area contributed by atoms with E-state index >= 15 is 0 Å². The van der Waals surface area contributed by atoms with E-state index in [0.29, 0.717) is 4.90 Å². The maximum absolute atomic E-state index is 12.5. The number of aryl methyl sites for hydroxylation is 2. The lowest BCUT2D eigenvalue weighted by Crippen LogP contribution is -2.27. The first-order valence-corrected chi connectivity index (χ1v) is 8.03. The van der Waals surface area contributed by atoms with Crippen LogP contribution in [0.15, 0.2) is 53.4 Å². The number of rotatable bonds is 4. The van der Waals surface area contributed by atoms with Crippen molar-refractivity contribution >= 4 is 10.0 Å². The summed E-state index contributed by atoms with van der Waals surface area (Å²) in [4.78, 5) is 0.347. The van der Waals surface area contributed by atoms with Gasteiger partial charge in [0, 0.05) is 6.04 Å². The van der Waals surface area contributed by atoms with Crippen molar-refractivity contribution in [1.82, 2.24) is 4.72 Å². The van der Waals surface area contributed by atoms with Crippen LogP contribution in [-0.2, 0) is 10.0 Å². The van der Waals surface area contributed by atoms with E-state index in [4.69, 9.17) is 0 Å². The third kappa shape index (κ3) is 3.26. The Morgan fingerprint density at radius 3 is 2.30 bits per heavy atom. The van der Waals surface area contributed by atoms with Crippen LogP contribution in [-0.4, -0.2) is 8.42 Å². The molecule has 4 heteroatoms. The van der Waals surface area contributed by atoms with E-state index in [2.05, 4.69) is 4.72 Å². The Kier molecular flexibility index (Phi) is 4.26. The minimum Gasteiger partial charge on any atom is -0.207 e. The molecule has 0 saturated carbocycles. The van der Waals surface area contributed by atoms with Gasteiger partial charge in [-0.1, -0.05) is 42.5 Å². The first kappa shape index (κ1) is 14.8. The average Bonchev–Trinajstić information content (AvgIpc) is 2.42. The minimum absolute atomic E-state index is 0.263. The second kappa shape index (κ2) is 5.77. The summed E-state index contributed by atoms with van der Waals surface area (Å²) in [6, 6.07) is 14.7. The summed E-state index contributed by atoms with van der Waals surface area (Å²) in [6.07, 6.45) is 0. The zero-order valence-electron chi connectivity index (χ0n) is 11.9. The Hall–Kier alpha value is -1.65. The van der Waals surface area contributed by atoms with E-state index < -0.39 is 10.0 Å². The van der Waals surface area contributed by atoms with Crippen molar-refractivity contribution in [1.29, 1.82) is 0 Å². The molecular formula is C16H19NO2S. The van der Waals surface area contributed by atoms with Gasteiger partial charge in [0.25, 0.3) is 0 Å². The van der Waals surface area contributed by atoms with Gasteiger partial charge in [0.15, 0.2) is 0 Å². The van der Waals surface area contributed by atoms with E-state index in [0.717, 1.165) is 16.7 Å². The first-order valence-electron chi connectivity index (χ1n) is 6.54. The zero-order valence-corrected chi connectivity index (χ0v) is 12.7. The molecule has 0 aliphatic carbocycles. The highest BCUT2D eigenvalue weighted by atomic mass is 32.2. The Morgan fingerprint density at radius 2 is 1.65 bits per heavy atom. The van der Waals surface area contributed by atoms with Crippen molar-refractivity contribution in [2.24, 2.45) is 0 Å². The third-order valence-electron chi connectivity index (χ3n) is 3.26. The molecule has 3 nitrogen and oxygen atoms in total. The van der Waals surface area contributed by atoms with E-state index in [1.165, 1.54) is 0 Å². The Bertz CT molecular complexity index is 694. The van der Waals surface area contributed by atoms with Crippen molar-refractivity contribution in [2.45, 2.75) is 31.7 Å². The first-order chi connectivity index (χ1) is 9.40. The van der Waals surface area contributed by atoms with E-state index in [1.54, 1.807) is 13.0 Å². The molecule has 0 aliphatic heterocycles. The standard InChI is InChI=1S/C16H19NO2S/c1-12-9-10-13(2)16(11-12)20(18,19)17-14(3)15-7-5-4-6-8-15/h4-11,14,17H,1-3H3/t14-/m1/s1. The molecule has 1 atom stereocenters. The average molecular weight is 289 g/mol. The predicted octanol–water partition coefficient (Wildman–Crippen LogP) is 3.34. The molecule has 0 spiro atoms. The molecule has 0 fully saturated rings. The smallest absolute Gasteiger partial charge is 0.207 e. The lowest BCUT2D eigenvalue weighted by atomic mass is 10.1. The van der Waals surface area contributed by atoms with Gasteiger partial charge in [0.2, 0.25) is 10.0 Å². The number of sulfonamides is 1. The minimum atomic E-state index is -3.51. The predicted molar refractivity (Wildman–Crippen MR) is 81.1 cm³/mol. The van der Waals surface area contributed by atoms with Crippen LogP contribution in [0.3, 0.4) is 0 Å². The van der Waals surface area contributed by atoms with Crippen molar-refractivity contribution in [3.05, 3.63) is 65.2 Å². The molecular weight excluding hydrogens is 270 g/mol. The normalized spacial score (nSPS) is 13.2. The van der Waals surface area contributed by atoms with Gasteiger partial charge in [-0.05, 0) is 43.5 Å². The fourth-order valence-electron chi connectivity index (χ4n) is 2.10. The van der Waals surface area contributed by atoms with Crippen LogP contribution < -0.4 is 4.72 Å². The zero-order chi connectivity index (χ0) is 14.8. The number of nitrogens with one attached hydrogen (secondary N) is 1. The van der Waals surface area contributed by atoms with Crippen LogP contribution >= 0.6 is 0 Å². The highest BCUT2D eigenvalue weighted by molar-refractivity contribution is 7.89. The quantitative estimate of drug-likeness (QED) is 0.938. The fraction of sp³-hybridized carbons (Fsp3) is 0.250. The number of benzene rings is 2. The summed E-state index contributed by atoms with van der Waals surface area (Å²) in [7, 11) is -3.51. The molecule has 20 heavy (non-hydrogen) atoms. The van der Waals surface area contributed by atoms with E-state index in [9.17, 15) is 8.42 Å². The monoisotopic (exact) mass is 289 g/mol. The van der Waals surface area contributed by atoms with Crippen molar-refractivity contribution in [3.63, 3.8) is 0 Å². The molecule has 106 valence electrons. The van der Waals surface area contributed by atoms with Crippen molar-refractivity contribution in [3.8, 4) is 0 Å². The lowest BCUT2D eigenvalue weighted by Gasteiger charge is -2.16. The van der Waals surface area contributed by atoms with Gasteiger partial charge in [-0.2, -0.15) is 0 Å². The Labute approximate surface area is 120 Å². The summed E-state index contributed by atoms with van der Waals surface area (Å²) >= 11 is 0. The van der Waals surface area contributed by atoms with Gasteiger partial charge < -0.3 is 0 Å². The second-order valence-corrected chi connectivity index (χ2v) is 6.71. The molecule has 2 aromatic rings. The topological polar surface area (TPSA) is 46.2 Å². The maximum Gasteiger partial charge on any atom is 0.241 e. The molecule has 0 heterocycles. The van der Waals surface area contributed by atoms with E-state index in [-0.39, 0.29) is 6.04 Å². The summed E-state index contributed by atoms with van der Waals surface area (Å²) in [6.45, 7) is 5.54. The molecule has 0 saturated heterocycles. The number of hydrogen-bond donors (Lipinski definition) is 1. The van der Waals surface area contributed by atoms with Crippen LogP contribution in [0.4, 0.5) is 0 Å². The molecule has 1 N–H and O–H groups in total. The lowest BCUT2D eigenvalue weighted by molar-refractivity contribution is 0.566. The Balaban J connectivity index is 2.30. The van der Waals surface area contributed by atoms with Crippen molar-refractivity contribution in [2.75, 3.05) is 0 Å². The van der Waals surface area contributed by atoms with Gasteiger partial charge in [0.05, 0.1) is 4.90 Å². The Morgan fingerprint density at radius 1 is 1.00 bits per heavy atom. The molecule has 0 amide bonds. The van der Waals surface area contributed by atoms with Gasteiger partial charge in [-0.3, -0.25) is 0 Å². The van der Waals surface area contributed by atoms with Gasteiger partial charge in [-0.25, -0.2) is 13.1 Å². The fourth-order valence-corrected chi connectivity index (χ4v) is 3.66. The van der Waals surface area contributed by atoms with Crippen LogP contribution in [0.1, 0.15) is 29.7 Å². The molecule has 0 bridgehead atoms. The van der Waals surface area contributed by atoms with E-state index in [1.807, 2.05) is 56.3 Å². The summed E-state index contributed by atoms with van der Waals surface area (Å²) in [5, 5.41) is 0.